The Hall–Kier alpha value is -4.13. The van der Waals surface area contributed by atoms with Gasteiger partial charge in [-0.05, 0) is 29.8 Å². The lowest BCUT2D eigenvalue weighted by Crippen LogP contribution is -2.66. The van der Waals surface area contributed by atoms with Crippen molar-refractivity contribution >= 4 is 17.5 Å². The molecule has 3 fully saturated rings. The molecule has 0 radical (unpaired) electrons. The number of anilines is 3. The van der Waals surface area contributed by atoms with Crippen molar-refractivity contribution in [2.24, 2.45) is 18.4 Å². The molecule has 7 rings (SSSR count). The molecule has 3 aliphatic rings. The van der Waals surface area contributed by atoms with Crippen LogP contribution in [0.5, 0.6) is 5.75 Å². The van der Waals surface area contributed by atoms with Gasteiger partial charge in [-0.2, -0.15) is 14.5 Å². The fourth-order valence-corrected chi connectivity index (χ4v) is 5.61. The van der Waals surface area contributed by atoms with Gasteiger partial charge < -0.3 is 19.7 Å². The minimum atomic E-state index is -2.52. The van der Waals surface area contributed by atoms with Crippen LogP contribution in [-0.4, -0.2) is 68.8 Å². The van der Waals surface area contributed by atoms with Crippen LogP contribution < -0.4 is 15.0 Å². The van der Waals surface area contributed by atoms with Crippen LogP contribution in [0.4, 0.5) is 30.6 Å². The van der Waals surface area contributed by atoms with E-state index in [-0.39, 0.29) is 18.3 Å². The topological polar surface area (TPSA) is 106 Å². The minimum Gasteiger partial charge on any atom is -0.491 e. The highest BCUT2D eigenvalue weighted by Crippen LogP contribution is 2.57. The number of aromatic nitrogens is 6. The predicted octanol–water partition coefficient (Wildman–Crippen LogP) is 4.41. The van der Waals surface area contributed by atoms with Crippen molar-refractivity contribution in [3.05, 3.63) is 48.7 Å². The minimum absolute atomic E-state index is 0.0348. The van der Waals surface area contributed by atoms with Crippen molar-refractivity contribution in [3.63, 3.8) is 0 Å². The van der Waals surface area contributed by atoms with Crippen molar-refractivity contribution in [2.45, 2.75) is 18.8 Å². The maximum atomic E-state index is 14.1. The molecule has 2 aliphatic heterocycles. The Morgan fingerprint density at radius 3 is 2.58 bits per heavy atom. The largest absolute Gasteiger partial charge is 0.491 e. The van der Waals surface area contributed by atoms with Crippen molar-refractivity contribution in [3.8, 4) is 28.3 Å². The van der Waals surface area contributed by atoms with Crippen LogP contribution in [0.3, 0.4) is 0 Å². The highest BCUT2D eigenvalue weighted by molar-refractivity contribution is 5.73. The third kappa shape index (κ3) is 4.53. The van der Waals surface area contributed by atoms with Gasteiger partial charge in [-0.25, -0.2) is 18.4 Å². The van der Waals surface area contributed by atoms with Crippen molar-refractivity contribution in [1.82, 2.24) is 29.9 Å². The maximum absolute atomic E-state index is 14.1. The van der Waals surface area contributed by atoms with Crippen LogP contribution in [0.15, 0.2) is 42.7 Å². The molecular weight excluding hydrogens is 525 g/mol. The average Bonchev–Trinajstić information content (AvgIpc) is 3.46. The Kier molecular flexibility index (Phi) is 5.73. The van der Waals surface area contributed by atoms with Crippen molar-refractivity contribution < 1.29 is 22.6 Å². The molecule has 0 atom stereocenters. The molecule has 0 amide bonds. The lowest BCUT2D eigenvalue weighted by molar-refractivity contribution is -0.170. The van der Waals surface area contributed by atoms with Crippen LogP contribution in [0.1, 0.15) is 12.8 Å². The molecule has 5 heterocycles. The first-order chi connectivity index (χ1) is 19.3. The number of rotatable bonds is 8. The monoisotopic (exact) mass is 552 g/mol. The Morgan fingerprint density at radius 2 is 1.93 bits per heavy atom. The second-order valence-electron chi connectivity index (χ2n) is 11.0. The molecule has 0 bridgehead atoms. The molecule has 2 N–H and O–H groups in total. The molecule has 2 saturated heterocycles. The van der Waals surface area contributed by atoms with Crippen LogP contribution in [0.2, 0.25) is 0 Å². The Balaban J connectivity index is 1.07. The fourth-order valence-electron chi connectivity index (χ4n) is 5.61. The summed E-state index contributed by atoms with van der Waals surface area (Å²) in [5.41, 5.74) is 2.09. The van der Waals surface area contributed by atoms with E-state index in [9.17, 15) is 13.2 Å². The van der Waals surface area contributed by atoms with E-state index >= 15 is 0 Å². The van der Waals surface area contributed by atoms with Crippen molar-refractivity contribution in [2.75, 3.05) is 43.1 Å². The molecule has 1 aliphatic carbocycles. The number of halogens is 3. The lowest BCUT2D eigenvalue weighted by atomic mass is 9.61. The zero-order chi connectivity index (χ0) is 27.5. The highest BCUT2D eigenvalue weighted by Gasteiger charge is 2.61. The highest BCUT2D eigenvalue weighted by atomic mass is 19.3. The normalized spacial score (nSPS) is 19.1. The quantitative estimate of drug-likeness (QED) is 0.331. The number of alkyl halides is 2. The molecule has 208 valence electrons. The first-order valence-electron chi connectivity index (χ1n) is 13.1. The van der Waals surface area contributed by atoms with Crippen LogP contribution in [0, 0.1) is 17.3 Å². The van der Waals surface area contributed by atoms with Gasteiger partial charge in [0.2, 0.25) is 17.8 Å². The average molecular weight is 553 g/mol. The van der Waals surface area contributed by atoms with Crippen LogP contribution in [0.25, 0.3) is 22.5 Å². The Bertz CT molecular complexity index is 1530. The molecule has 13 heteroatoms. The van der Waals surface area contributed by atoms with Gasteiger partial charge in [0.25, 0.3) is 0 Å². The van der Waals surface area contributed by atoms with Crippen LogP contribution in [-0.2, 0) is 11.8 Å². The number of pyridine rings is 1. The zero-order valence-corrected chi connectivity index (χ0v) is 21.7. The molecule has 1 spiro atoms. The van der Waals surface area contributed by atoms with E-state index in [1.165, 1.54) is 6.20 Å². The van der Waals surface area contributed by atoms with E-state index in [0.717, 1.165) is 11.4 Å². The number of nitrogens with zero attached hydrogens (tertiary/aromatic N) is 6. The van der Waals surface area contributed by atoms with Gasteiger partial charge in [0.1, 0.15) is 11.6 Å². The maximum Gasteiger partial charge on any atom is 0.249 e. The number of H-pyrrole nitrogens is 1. The summed E-state index contributed by atoms with van der Waals surface area (Å²) < 4.78 is 53.7. The number of hydrogen-bond donors (Lipinski definition) is 2. The summed E-state index contributed by atoms with van der Waals surface area (Å²) in [4.78, 5) is 11.2. The van der Waals surface area contributed by atoms with Gasteiger partial charge in [-0.1, -0.05) is 6.07 Å². The third-order valence-corrected chi connectivity index (χ3v) is 7.73. The first kappa shape index (κ1) is 24.9. The van der Waals surface area contributed by atoms with Gasteiger partial charge >= 0.3 is 0 Å². The molecule has 40 heavy (non-hydrogen) atoms. The number of aromatic amines is 1. The van der Waals surface area contributed by atoms with E-state index in [4.69, 9.17) is 9.47 Å². The molecule has 0 unspecified atom stereocenters. The van der Waals surface area contributed by atoms with E-state index < -0.39 is 11.9 Å². The smallest absolute Gasteiger partial charge is 0.249 e. The van der Waals surface area contributed by atoms with E-state index in [1.807, 2.05) is 17.0 Å². The summed E-state index contributed by atoms with van der Waals surface area (Å²) in [5, 5.41) is 13.9. The zero-order valence-electron chi connectivity index (χ0n) is 21.7. The van der Waals surface area contributed by atoms with E-state index in [1.54, 1.807) is 36.1 Å². The molecule has 1 saturated carbocycles. The Morgan fingerprint density at radius 1 is 1.12 bits per heavy atom. The van der Waals surface area contributed by atoms with Gasteiger partial charge in [-0.3, -0.25) is 5.10 Å². The second-order valence-corrected chi connectivity index (χ2v) is 11.0. The van der Waals surface area contributed by atoms with Crippen molar-refractivity contribution in [1.29, 1.82) is 0 Å². The predicted molar refractivity (Wildman–Crippen MR) is 140 cm³/mol. The fraction of sp³-hybridized carbons (Fsp3) is 0.407. The summed E-state index contributed by atoms with van der Waals surface area (Å²) in [6.45, 7) is 2.97. The second kappa shape index (κ2) is 9.22. The van der Waals surface area contributed by atoms with Gasteiger partial charge in [0.15, 0.2) is 5.82 Å². The number of hydrogen-bond acceptors (Lipinski definition) is 8. The summed E-state index contributed by atoms with van der Waals surface area (Å²) in [5.74, 6) is -0.477. The number of benzene rings is 1. The summed E-state index contributed by atoms with van der Waals surface area (Å²) in [6, 6.07) is 9.09. The molecule has 3 aromatic heterocycles. The summed E-state index contributed by atoms with van der Waals surface area (Å²) >= 11 is 0. The lowest BCUT2D eigenvalue weighted by Gasteiger charge is -2.59. The van der Waals surface area contributed by atoms with E-state index in [2.05, 4.69) is 30.6 Å². The molecule has 4 aromatic rings. The molecule has 10 nitrogen and oxygen atoms in total. The standard InChI is InChI=1S/C27H27F3N8O2/c1-37-25(33-20-4-2-17(19-8-32-35-23(19)28)6-21(20)40-11-16-9-39-10-16)34-24(36-37)18-3-5-22(31-7-18)38-14-26(15-38)12-27(29,30)13-26/h2-8,16H,9-15H2,1H3,(H,32,35)(H,33,34,36). The number of nitrogens with one attached hydrogen (secondary N) is 2. The SMILES string of the molecule is Cn1nc(-c2ccc(N3CC4(C3)CC(F)(F)C4)nc2)nc1Nc1ccc(-c2cn[nH]c2F)cc1OCC1COC1. The number of ether oxygens (including phenoxy) is 2. The number of aryl methyl sites for hydroxylation is 1. The Labute approximate surface area is 227 Å². The van der Waals surface area contributed by atoms with E-state index in [0.29, 0.717) is 73.2 Å². The molecule has 1 aromatic carbocycles. The van der Waals surface area contributed by atoms with Gasteiger partial charge in [0, 0.05) is 56.1 Å². The molecular formula is C27H27F3N8O2. The summed E-state index contributed by atoms with van der Waals surface area (Å²) in [7, 11) is 1.77. The third-order valence-electron chi connectivity index (χ3n) is 7.73. The summed E-state index contributed by atoms with van der Waals surface area (Å²) in [6.07, 6.45) is 3.06. The first-order valence-corrected chi connectivity index (χ1v) is 13.1. The van der Waals surface area contributed by atoms with Gasteiger partial charge in [0.05, 0.1) is 37.3 Å². The van der Waals surface area contributed by atoms with Crippen LogP contribution >= 0.6 is 0 Å². The van der Waals surface area contributed by atoms with Gasteiger partial charge in [-0.15, -0.1) is 5.10 Å².